The molecule has 0 bridgehead atoms. The van der Waals surface area contributed by atoms with E-state index in [1.807, 2.05) is 30.5 Å². The predicted octanol–water partition coefficient (Wildman–Crippen LogP) is 2.70. The quantitative estimate of drug-likeness (QED) is 0.613. The molecule has 0 aliphatic rings. The van der Waals surface area contributed by atoms with Gasteiger partial charge in [-0.25, -0.2) is 4.79 Å². The average molecular weight is 382 g/mol. The number of hydrogen-bond acceptors (Lipinski definition) is 5. The van der Waals surface area contributed by atoms with Crippen LogP contribution in [-0.4, -0.2) is 44.2 Å². The van der Waals surface area contributed by atoms with E-state index in [0.717, 1.165) is 16.5 Å². The molecule has 1 amide bonds. The van der Waals surface area contributed by atoms with Crippen molar-refractivity contribution in [2.24, 2.45) is 0 Å². The third kappa shape index (κ3) is 3.93. The van der Waals surface area contributed by atoms with Gasteiger partial charge in [-0.05, 0) is 29.8 Å². The van der Waals surface area contributed by atoms with E-state index in [1.165, 1.54) is 21.3 Å². The minimum atomic E-state index is -0.854. The van der Waals surface area contributed by atoms with Crippen LogP contribution in [0.1, 0.15) is 15.9 Å². The van der Waals surface area contributed by atoms with Crippen LogP contribution in [0.4, 0.5) is 0 Å². The topological polar surface area (TPSA) is 89.7 Å². The first-order valence-electron chi connectivity index (χ1n) is 8.73. The number of rotatable bonds is 7. The minimum Gasteiger partial charge on any atom is -0.497 e. The third-order valence-electron chi connectivity index (χ3n) is 4.54. The Labute approximate surface area is 162 Å². The number of amides is 1. The van der Waals surface area contributed by atoms with Gasteiger partial charge in [0, 0.05) is 23.5 Å². The van der Waals surface area contributed by atoms with Crippen LogP contribution in [0.3, 0.4) is 0 Å². The van der Waals surface area contributed by atoms with Gasteiger partial charge in [-0.15, -0.1) is 0 Å². The Balaban J connectivity index is 1.87. The largest absolute Gasteiger partial charge is 0.497 e. The molecule has 0 unspecified atom stereocenters. The monoisotopic (exact) mass is 382 g/mol. The molecule has 0 saturated heterocycles. The fourth-order valence-electron chi connectivity index (χ4n) is 3.08. The summed E-state index contributed by atoms with van der Waals surface area (Å²) in [6.45, 7) is 0. The smallest absolute Gasteiger partial charge is 0.328 e. The molecule has 2 N–H and O–H groups in total. The molecule has 2 aromatic carbocycles. The summed E-state index contributed by atoms with van der Waals surface area (Å²) in [5.74, 6) is -0.0855. The number of methoxy groups -OCH3 is 3. The number of hydrogen-bond donors (Lipinski definition) is 2. The minimum absolute atomic E-state index is 0.273. The number of esters is 1. The molecule has 7 nitrogen and oxygen atoms in total. The highest BCUT2D eigenvalue weighted by Gasteiger charge is 2.25. The van der Waals surface area contributed by atoms with Crippen LogP contribution < -0.4 is 14.8 Å². The first-order chi connectivity index (χ1) is 13.6. The maximum atomic E-state index is 12.9. The highest BCUT2D eigenvalue weighted by molar-refractivity contribution is 5.99. The molecule has 3 rings (SSSR count). The van der Waals surface area contributed by atoms with Gasteiger partial charge in [0.15, 0.2) is 0 Å². The second-order valence-corrected chi connectivity index (χ2v) is 6.18. The van der Waals surface area contributed by atoms with Crippen LogP contribution in [0.2, 0.25) is 0 Å². The molecule has 0 aliphatic heterocycles. The lowest BCUT2D eigenvalue weighted by atomic mass is 10.0. The molecular weight excluding hydrogens is 360 g/mol. The molecule has 146 valence electrons. The first-order valence-corrected chi connectivity index (χ1v) is 8.73. The Morgan fingerprint density at radius 1 is 1.07 bits per heavy atom. The lowest BCUT2D eigenvalue weighted by molar-refractivity contribution is -0.142. The number of carbonyl (C=O) groups is 2. The SMILES string of the molecule is COC(=O)[C@@H](Cc1c[nH]c2ccccc12)NC(=O)c1cc(OC)ccc1OC. The summed E-state index contributed by atoms with van der Waals surface area (Å²) in [5, 5.41) is 3.74. The number of nitrogens with one attached hydrogen (secondary N) is 2. The van der Waals surface area contributed by atoms with Crippen LogP contribution in [0.15, 0.2) is 48.7 Å². The summed E-state index contributed by atoms with van der Waals surface area (Å²) < 4.78 is 15.3. The number of benzene rings is 2. The Kier molecular flexibility index (Phi) is 5.84. The molecule has 0 fully saturated rings. The van der Waals surface area contributed by atoms with Crippen molar-refractivity contribution in [3.05, 3.63) is 59.8 Å². The van der Waals surface area contributed by atoms with Crippen molar-refractivity contribution in [1.82, 2.24) is 10.3 Å². The summed E-state index contributed by atoms with van der Waals surface area (Å²) >= 11 is 0. The molecule has 7 heteroatoms. The van der Waals surface area contributed by atoms with Crippen molar-refractivity contribution in [1.29, 1.82) is 0 Å². The number of ether oxygens (including phenoxy) is 3. The van der Waals surface area contributed by atoms with E-state index in [-0.39, 0.29) is 12.0 Å². The first kappa shape index (κ1) is 19.3. The lowest BCUT2D eigenvalue weighted by Gasteiger charge is -2.17. The van der Waals surface area contributed by atoms with Crippen LogP contribution in [0.25, 0.3) is 10.9 Å². The van der Waals surface area contributed by atoms with Crippen LogP contribution in [-0.2, 0) is 16.0 Å². The zero-order valence-corrected chi connectivity index (χ0v) is 15.9. The van der Waals surface area contributed by atoms with E-state index < -0.39 is 17.9 Å². The van der Waals surface area contributed by atoms with Crippen LogP contribution in [0.5, 0.6) is 11.5 Å². The van der Waals surface area contributed by atoms with Gasteiger partial charge in [0.05, 0.1) is 26.9 Å². The zero-order chi connectivity index (χ0) is 20.1. The molecular formula is C21H22N2O5. The number of aromatic nitrogens is 1. The van der Waals surface area contributed by atoms with Crippen molar-refractivity contribution in [3.8, 4) is 11.5 Å². The Morgan fingerprint density at radius 2 is 1.86 bits per heavy atom. The summed E-state index contributed by atoms with van der Waals surface area (Å²) in [6, 6.07) is 11.8. The summed E-state index contributed by atoms with van der Waals surface area (Å²) in [6.07, 6.45) is 2.12. The average Bonchev–Trinajstić information content (AvgIpc) is 3.15. The number of aromatic amines is 1. The zero-order valence-electron chi connectivity index (χ0n) is 15.9. The summed E-state index contributed by atoms with van der Waals surface area (Å²) in [5.41, 5.74) is 2.14. The van der Waals surface area contributed by atoms with Crippen molar-refractivity contribution >= 4 is 22.8 Å². The van der Waals surface area contributed by atoms with E-state index in [4.69, 9.17) is 14.2 Å². The second-order valence-electron chi connectivity index (χ2n) is 6.18. The van der Waals surface area contributed by atoms with Gasteiger partial charge >= 0.3 is 5.97 Å². The molecule has 0 spiro atoms. The molecule has 1 heterocycles. The fourth-order valence-corrected chi connectivity index (χ4v) is 3.08. The molecule has 28 heavy (non-hydrogen) atoms. The number of H-pyrrole nitrogens is 1. The standard InChI is InChI=1S/C21H22N2O5/c1-26-14-8-9-19(27-2)16(11-14)20(24)23-18(21(25)28-3)10-13-12-22-17-7-5-4-6-15(13)17/h4-9,11-12,18,22H,10H2,1-3H3,(H,23,24)/t18-/m1/s1. The van der Waals surface area contributed by atoms with E-state index in [1.54, 1.807) is 18.2 Å². The molecule has 1 atom stereocenters. The maximum Gasteiger partial charge on any atom is 0.328 e. The van der Waals surface area contributed by atoms with Gasteiger partial charge in [0.2, 0.25) is 0 Å². The molecule has 0 saturated carbocycles. The van der Waals surface area contributed by atoms with Crippen molar-refractivity contribution < 1.29 is 23.8 Å². The van der Waals surface area contributed by atoms with Crippen molar-refractivity contribution in [3.63, 3.8) is 0 Å². The Morgan fingerprint density at radius 3 is 2.57 bits per heavy atom. The number of carbonyl (C=O) groups excluding carboxylic acids is 2. The van der Waals surface area contributed by atoms with E-state index in [9.17, 15) is 9.59 Å². The molecule has 1 aromatic heterocycles. The molecule has 3 aromatic rings. The second kappa shape index (κ2) is 8.47. The highest BCUT2D eigenvalue weighted by atomic mass is 16.5. The van der Waals surface area contributed by atoms with Crippen LogP contribution >= 0.6 is 0 Å². The van der Waals surface area contributed by atoms with E-state index >= 15 is 0 Å². The van der Waals surface area contributed by atoms with Crippen LogP contribution in [0, 0.1) is 0 Å². The third-order valence-corrected chi connectivity index (χ3v) is 4.54. The van der Waals surface area contributed by atoms with Gasteiger partial charge in [-0.2, -0.15) is 0 Å². The van der Waals surface area contributed by atoms with E-state index in [0.29, 0.717) is 11.5 Å². The predicted molar refractivity (Wildman–Crippen MR) is 105 cm³/mol. The number of para-hydroxylation sites is 1. The van der Waals surface area contributed by atoms with Crippen molar-refractivity contribution in [2.75, 3.05) is 21.3 Å². The maximum absolute atomic E-state index is 12.9. The Bertz CT molecular complexity index is 995. The van der Waals surface area contributed by atoms with Gasteiger partial charge in [0.25, 0.3) is 5.91 Å². The normalized spacial score (nSPS) is 11.7. The highest BCUT2D eigenvalue weighted by Crippen LogP contribution is 2.24. The molecule has 0 radical (unpaired) electrons. The Hall–Kier alpha value is -3.48. The summed E-state index contributed by atoms with van der Waals surface area (Å²) in [7, 11) is 4.28. The van der Waals surface area contributed by atoms with Gasteiger partial charge in [-0.3, -0.25) is 4.79 Å². The molecule has 0 aliphatic carbocycles. The van der Waals surface area contributed by atoms with Gasteiger partial charge < -0.3 is 24.5 Å². The lowest BCUT2D eigenvalue weighted by Crippen LogP contribution is -2.43. The van der Waals surface area contributed by atoms with E-state index in [2.05, 4.69) is 10.3 Å². The van der Waals surface area contributed by atoms with Crippen molar-refractivity contribution in [2.45, 2.75) is 12.5 Å². The van der Waals surface area contributed by atoms with Gasteiger partial charge in [-0.1, -0.05) is 18.2 Å². The number of fused-ring (bicyclic) bond motifs is 1. The van der Waals surface area contributed by atoms with Gasteiger partial charge in [0.1, 0.15) is 17.5 Å². The summed E-state index contributed by atoms with van der Waals surface area (Å²) in [4.78, 5) is 28.3. The fraction of sp³-hybridized carbons (Fsp3) is 0.238.